The van der Waals surface area contributed by atoms with Crippen molar-refractivity contribution in [2.75, 3.05) is 39.8 Å². The zero-order chi connectivity index (χ0) is 26.7. The second-order valence-electron chi connectivity index (χ2n) is 9.47. The molecule has 1 saturated heterocycles. The molecule has 0 unspecified atom stereocenters. The van der Waals surface area contributed by atoms with E-state index < -0.39 is 12.0 Å². The average molecular weight is 525 g/mol. The van der Waals surface area contributed by atoms with Gasteiger partial charge in [0.1, 0.15) is 0 Å². The van der Waals surface area contributed by atoms with Gasteiger partial charge >= 0.3 is 12.0 Å². The van der Waals surface area contributed by atoms with Crippen molar-refractivity contribution in [2.45, 2.75) is 32.9 Å². The standard InChI is InChI=1S/C28H33ClN4O4/c1-5-37-27(35)24-23(31(4)28(36)30-25(24)22-9-7-6-8-18(22)2)17-32-14-15-33(19(3)16-32)26(34)20-10-12-21(29)13-11-20/h6-13,19,25H,5,14-17H2,1-4H3,(H,30,36)/t19-,25+/m1/s1. The fourth-order valence-electron chi connectivity index (χ4n) is 4.99. The van der Waals surface area contributed by atoms with E-state index in [1.54, 1.807) is 38.2 Å². The van der Waals surface area contributed by atoms with Gasteiger partial charge < -0.3 is 15.0 Å². The molecule has 2 atom stereocenters. The first kappa shape index (κ1) is 26.7. The van der Waals surface area contributed by atoms with E-state index in [1.165, 1.54) is 4.90 Å². The monoisotopic (exact) mass is 524 g/mol. The maximum atomic E-state index is 13.2. The van der Waals surface area contributed by atoms with E-state index in [9.17, 15) is 14.4 Å². The summed E-state index contributed by atoms with van der Waals surface area (Å²) in [5.74, 6) is -0.480. The maximum absolute atomic E-state index is 13.2. The Kier molecular flexibility index (Phi) is 8.19. The quantitative estimate of drug-likeness (QED) is 0.577. The summed E-state index contributed by atoms with van der Waals surface area (Å²) in [5, 5.41) is 3.57. The van der Waals surface area contributed by atoms with Gasteiger partial charge in [0.05, 0.1) is 18.2 Å². The van der Waals surface area contributed by atoms with Crippen LogP contribution in [0.25, 0.3) is 0 Å². The average Bonchev–Trinajstić information content (AvgIpc) is 2.87. The minimum atomic E-state index is -0.607. The highest BCUT2D eigenvalue weighted by atomic mass is 35.5. The van der Waals surface area contributed by atoms with Crippen LogP contribution in [-0.4, -0.2) is 78.5 Å². The van der Waals surface area contributed by atoms with Crippen LogP contribution in [0, 0.1) is 6.92 Å². The molecular weight excluding hydrogens is 492 g/mol. The van der Waals surface area contributed by atoms with Crippen LogP contribution in [0.5, 0.6) is 0 Å². The summed E-state index contributed by atoms with van der Waals surface area (Å²) in [6, 6.07) is 13.7. The number of piperazine rings is 1. The minimum Gasteiger partial charge on any atom is -0.463 e. The van der Waals surface area contributed by atoms with Gasteiger partial charge in [0, 0.05) is 55.6 Å². The Morgan fingerprint density at radius 3 is 2.46 bits per heavy atom. The number of carbonyl (C=O) groups is 3. The second kappa shape index (κ2) is 11.4. The maximum Gasteiger partial charge on any atom is 0.338 e. The summed E-state index contributed by atoms with van der Waals surface area (Å²) in [5.41, 5.74) is 3.48. The fourth-order valence-corrected chi connectivity index (χ4v) is 5.12. The SMILES string of the molecule is CCOC(=O)C1=C(CN2CCN(C(=O)c3ccc(Cl)cc3)[C@H](C)C2)N(C)C(=O)N[C@H]1c1ccccc1C. The molecule has 3 amide bonds. The number of hydrogen-bond acceptors (Lipinski definition) is 5. The van der Waals surface area contributed by atoms with Crippen molar-refractivity contribution in [1.29, 1.82) is 0 Å². The zero-order valence-corrected chi connectivity index (χ0v) is 22.4. The minimum absolute atomic E-state index is 0.0379. The van der Waals surface area contributed by atoms with Gasteiger partial charge in [0.25, 0.3) is 5.91 Å². The van der Waals surface area contributed by atoms with E-state index >= 15 is 0 Å². The van der Waals surface area contributed by atoms with E-state index in [1.807, 2.05) is 43.0 Å². The van der Waals surface area contributed by atoms with Gasteiger partial charge in [-0.1, -0.05) is 35.9 Å². The van der Waals surface area contributed by atoms with Crippen molar-refractivity contribution < 1.29 is 19.1 Å². The molecule has 2 aliphatic rings. The van der Waals surface area contributed by atoms with E-state index in [0.717, 1.165) is 11.1 Å². The first-order valence-electron chi connectivity index (χ1n) is 12.5. The van der Waals surface area contributed by atoms with Gasteiger partial charge in [0.15, 0.2) is 0 Å². The highest BCUT2D eigenvalue weighted by Gasteiger charge is 2.38. The molecule has 2 heterocycles. The van der Waals surface area contributed by atoms with E-state index in [0.29, 0.717) is 48.0 Å². The predicted molar refractivity (Wildman–Crippen MR) is 142 cm³/mol. The van der Waals surface area contributed by atoms with Gasteiger partial charge in [-0.25, -0.2) is 9.59 Å². The molecule has 2 aromatic carbocycles. The van der Waals surface area contributed by atoms with Gasteiger partial charge in [0.2, 0.25) is 0 Å². The molecule has 0 saturated carbocycles. The number of halogens is 1. The molecule has 0 aliphatic carbocycles. The van der Waals surface area contributed by atoms with Crippen LogP contribution in [-0.2, 0) is 9.53 Å². The van der Waals surface area contributed by atoms with Gasteiger partial charge in [-0.15, -0.1) is 0 Å². The lowest BCUT2D eigenvalue weighted by Gasteiger charge is -2.42. The molecule has 1 fully saturated rings. The molecule has 4 rings (SSSR count). The third-order valence-electron chi connectivity index (χ3n) is 7.01. The third-order valence-corrected chi connectivity index (χ3v) is 7.26. The van der Waals surface area contributed by atoms with Crippen molar-refractivity contribution in [3.8, 4) is 0 Å². The summed E-state index contributed by atoms with van der Waals surface area (Å²) in [6.07, 6.45) is 0. The van der Waals surface area contributed by atoms with Crippen molar-refractivity contribution in [3.63, 3.8) is 0 Å². The lowest BCUT2D eigenvalue weighted by atomic mass is 9.91. The molecular formula is C28H33ClN4O4. The normalized spacial score (nSPS) is 20.6. The predicted octanol–water partition coefficient (Wildman–Crippen LogP) is 4.01. The first-order chi connectivity index (χ1) is 17.7. The summed E-state index contributed by atoms with van der Waals surface area (Å²) >= 11 is 5.98. The van der Waals surface area contributed by atoms with Crippen LogP contribution >= 0.6 is 11.6 Å². The van der Waals surface area contributed by atoms with Crippen molar-refractivity contribution >= 4 is 29.5 Å². The summed E-state index contributed by atoms with van der Waals surface area (Å²) < 4.78 is 5.45. The molecule has 9 heteroatoms. The Balaban J connectivity index is 1.60. The molecule has 1 N–H and O–H groups in total. The Bertz CT molecular complexity index is 1210. The van der Waals surface area contributed by atoms with Crippen LogP contribution in [0.15, 0.2) is 59.8 Å². The number of nitrogens with zero attached hydrogens (tertiary/aromatic N) is 3. The third kappa shape index (κ3) is 5.65. The molecule has 0 spiro atoms. The number of rotatable bonds is 6. The van der Waals surface area contributed by atoms with Crippen molar-refractivity contribution in [1.82, 2.24) is 20.0 Å². The van der Waals surface area contributed by atoms with Crippen LogP contribution < -0.4 is 5.32 Å². The van der Waals surface area contributed by atoms with Gasteiger partial charge in [-0.3, -0.25) is 14.6 Å². The molecule has 0 radical (unpaired) electrons. The smallest absolute Gasteiger partial charge is 0.338 e. The number of amides is 3. The molecule has 0 bridgehead atoms. The van der Waals surface area contributed by atoms with Crippen LogP contribution in [0.1, 0.15) is 41.4 Å². The summed E-state index contributed by atoms with van der Waals surface area (Å²) in [6.45, 7) is 8.09. The number of benzene rings is 2. The Hall–Kier alpha value is -3.36. The van der Waals surface area contributed by atoms with E-state index in [4.69, 9.17) is 16.3 Å². The van der Waals surface area contributed by atoms with Crippen molar-refractivity contribution in [3.05, 3.63) is 81.5 Å². The van der Waals surface area contributed by atoms with E-state index in [-0.39, 0.29) is 24.6 Å². The topological polar surface area (TPSA) is 82.2 Å². The van der Waals surface area contributed by atoms with Crippen molar-refractivity contribution in [2.24, 2.45) is 0 Å². The zero-order valence-electron chi connectivity index (χ0n) is 21.7. The molecule has 2 aliphatic heterocycles. The molecule has 2 aromatic rings. The Labute approximate surface area is 222 Å². The van der Waals surface area contributed by atoms with Crippen LogP contribution in [0.2, 0.25) is 5.02 Å². The van der Waals surface area contributed by atoms with Gasteiger partial charge in [-0.2, -0.15) is 0 Å². The number of aryl methyl sites for hydroxylation is 1. The second-order valence-corrected chi connectivity index (χ2v) is 9.90. The summed E-state index contributed by atoms with van der Waals surface area (Å²) in [7, 11) is 1.67. The van der Waals surface area contributed by atoms with E-state index in [2.05, 4.69) is 10.2 Å². The molecule has 37 heavy (non-hydrogen) atoms. The fraction of sp³-hybridized carbons (Fsp3) is 0.393. The molecule has 196 valence electrons. The first-order valence-corrected chi connectivity index (χ1v) is 12.9. The number of esters is 1. The number of likely N-dealkylation sites (N-methyl/N-ethyl adjacent to an activating group) is 1. The number of urea groups is 1. The summed E-state index contributed by atoms with van der Waals surface area (Å²) in [4.78, 5) is 44.9. The Morgan fingerprint density at radius 2 is 1.81 bits per heavy atom. The lowest BCUT2D eigenvalue weighted by Crippen LogP contribution is -2.56. The van der Waals surface area contributed by atoms with Crippen LogP contribution in [0.3, 0.4) is 0 Å². The number of hydrogen-bond donors (Lipinski definition) is 1. The highest BCUT2D eigenvalue weighted by Crippen LogP contribution is 2.33. The van der Waals surface area contributed by atoms with Crippen LogP contribution in [0.4, 0.5) is 4.79 Å². The number of ether oxygens (including phenoxy) is 1. The largest absolute Gasteiger partial charge is 0.463 e. The van der Waals surface area contributed by atoms with Gasteiger partial charge in [-0.05, 0) is 56.2 Å². The highest BCUT2D eigenvalue weighted by molar-refractivity contribution is 6.30. The lowest BCUT2D eigenvalue weighted by molar-refractivity contribution is -0.139. The molecule has 0 aromatic heterocycles. The number of nitrogens with one attached hydrogen (secondary N) is 1. The Morgan fingerprint density at radius 1 is 1.11 bits per heavy atom. The number of carbonyl (C=O) groups excluding carboxylic acids is 3. The molecule has 8 nitrogen and oxygen atoms in total.